The fourth-order valence-electron chi connectivity index (χ4n) is 2.16. The average molecular weight is 301 g/mol. The molecule has 1 amide bonds. The topological polar surface area (TPSA) is 45.2 Å². The molecule has 0 bridgehead atoms. The molecule has 1 heterocycles. The molecule has 0 atom stereocenters. The number of nitrogens with one attached hydrogen (secondary N) is 1. The highest BCUT2D eigenvalue weighted by Crippen LogP contribution is 2.42. The van der Waals surface area contributed by atoms with E-state index in [9.17, 15) is 4.79 Å². The monoisotopic (exact) mass is 301 g/mol. The van der Waals surface area contributed by atoms with Gasteiger partial charge in [0.15, 0.2) is 0 Å². The van der Waals surface area contributed by atoms with E-state index in [1.165, 1.54) is 24.2 Å². The lowest BCUT2D eigenvalue weighted by Crippen LogP contribution is -2.12. The molecule has 4 nitrogen and oxygen atoms in total. The fraction of sp³-hybridized carbons (Fsp3) is 0.375. The first-order chi connectivity index (χ1) is 10.0. The lowest BCUT2D eigenvalue weighted by atomic mass is 10.2. The molecule has 0 radical (unpaired) electrons. The Hall–Kier alpha value is -1.88. The molecule has 1 N–H and O–H groups in total. The zero-order valence-corrected chi connectivity index (χ0v) is 13.3. The van der Waals surface area contributed by atoms with E-state index < -0.39 is 0 Å². The molecule has 3 rings (SSSR count). The zero-order chi connectivity index (χ0) is 15.0. The van der Waals surface area contributed by atoms with Crippen molar-refractivity contribution in [2.75, 3.05) is 24.3 Å². The second-order valence-corrected chi connectivity index (χ2v) is 6.67. The number of rotatable bonds is 4. The first-order valence-electron chi connectivity index (χ1n) is 7.10. The summed E-state index contributed by atoms with van der Waals surface area (Å²) in [5.41, 5.74) is 2.76. The molecular weight excluding hydrogens is 282 g/mol. The van der Waals surface area contributed by atoms with Crippen LogP contribution in [0.4, 0.5) is 11.4 Å². The highest BCUT2D eigenvalue weighted by Gasteiger charge is 2.28. The van der Waals surface area contributed by atoms with Crippen LogP contribution in [0.3, 0.4) is 0 Å². The van der Waals surface area contributed by atoms with Gasteiger partial charge in [-0.1, -0.05) is 0 Å². The molecule has 0 spiro atoms. The molecule has 2 aromatic rings. The number of carbonyl (C=O) groups is 1. The molecule has 1 aromatic carbocycles. The van der Waals surface area contributed by atoms with Crippen LogP contribution >= 0.6 is 11.3 Å². The summed E-state index contributed by atoms with van der Waals surface area (Å²) in [7, 11) is 3.99. The lowest BCUT2D eigenvalue weighted by Gasteiger charge is -2.12. The number of aryl methyl sites for hydroxylation is 1. The van der Waals surface area contributed by atoms with Crippen LogP contribution in [0.2, 0.25) is 0 Å². The van der Waals surface area contributed by atoms with Gasteiger partial charge in [0.25, 0.3) is 5.91 Å². The van der Waals surface area contributed by atoms with Gasteiger partial charge in [-0.2, -0.15) is 0 Å². The normalized spacial score (nSPS) is 14.0. The van der Waals surface area contributed by atoms with E-state index in [0.717, 1.165) is 27.0 Å². The molecule has 1 fully saturated rings. The second-order valence-electron chi connectivity index (χ2n) is 5.64. The maximum Gasteiger partial charge on any atom is 0.267 e. The summed E-state index contributed by atoms with van der Waals surface area (Å²) in [5.74, 6) is 0.532. The molecule has 21 heavy (non-hydrogen) atoms. The van der Waals surface area contributed by atoms with Crippen molar-refractivity contribution in [1.82, 2.24) is 4.98 Å². The van der Waals surface area contributed by atoms with E-state index in [0.29, 0.717) is 5.92 Å². The summed E-state index contributed by atoms with van der Waals surface area (Å²) < 4.78 is 0. The average Bonchev–Trinajstić information content (AvgIpc) is 3.22. The molecular formula is C16H19N3OS. The van der Waals surface area contributed by atoms with E-state index in [1.54, 1.807) is 0 Å². The summed E-state index contributed by atoms with van der Waals surface area (Å²) in [6.07, 6.45) is 2.42. The van der Waals surface area contributed by atoms with Crippen molar-refractivity contribution in [2.45, 2.75) is 25.7 Å². The molecule has 1 aromatic heterocycles. The van der Waals surface area contributed by atoms with E-state index in [2.05, 4.69) is 10.3 Å². The van der Waals surface area contributed by atoms with Crippen LogP contribution in [0.5, 0.6) is 0 Å². The van der Waals surface area contributed by atoms with Gasteiger partial charge in [0.2, 0.25) is 0 Å². The summed E-state index contributed by atoms with van der Waals surface area (Å²) in [6.45, 7) is 1.91. The third-order valence-corrected chi connectivity index (χ3v) is 4.91. The number of amides is 1. The van der Waals surface area contributed by atoms with Crippen molar-refractivity contribution >= 4 is 28.6 Å². The van der Waals surface area contributed by atoms with Gasteiger partial charge in [0.05, 0.1) is 10.7 Å². The van der Waals surface area contributed by atoms with Crippen LogP contribution in [0.15, 0.2) is 24.3 Å². The van der Waals surface area contributed by atoms with E-state index in [1.807, 2.05) is 50.2 Å². The Labute approximate surface area is 128 Å². The van der Waals surface area contributed by atoms with E-state index in [-0.39, 0.29) is 5.91 Å². The first-order valence-corrected chi connectivity index (χ1v) is 7.92. The number of hydrogen-bond donors (Lipinski definition) is 1. The van der Waals surface area contributed by atoms with Crippen LogP contribution in [0, 0.1) is 6.92 Å². The molecule has 1 saturated carbocycles. The highest BCUT2D eigenvalue weighted by molar-refractivity contribution is 7.14. The van der Waals surface area contributed by atoms with Crippen LogP contribution in [-0.2, 0) is 0 Å². The number of aromatic nitrogens is 1. The Kier molecular flexibility index (Phi) is 3.68. The van der Waals surface area contributed by atoms with Gasteiger partial charge in [0, 0.05) is 31.4 Å². The van der Waals surface area contributed by atoms with E-state index >= 15 is 0 Å². The summed E-state index contributed by atoms with van der Waals surface area (Å²) in [4.78, 5) is 19.6. The van der Waals surface area contributed by atoms with Crippen LogP contribution in [-0.4, -0.2) is 25.0 Å². The van der Waals surface area contributed by atoms with Crippen molar-refractivity contribution in [3.8, 4) is 0 Å². The van der Waals surface area contributed by atoms with Crippen LogP contribution in [0.25, 0.3) is 0 Å². The van der Waals surface area contributed by atoms with Gasteiger partial charge in [-0.3, -0.25) is 4.79 Å². The Morgan fingerprint density at radius 2 is 1.95 bits per heavy atom. The highest BCUT2D eigenvalue weighted by atomic mass is 32.1. The van der Waals surface area contributed by atoms with Crippen molar-refractivity contribution < 1.29 is 4.79 Å². The van der Waals surface area contributed by atoms with Gasteiger partial charge in [-0.25, -0.2) is 4.98 Å². The number of carbonyl (C=O) groups excluding carboxylic acids is 1. The van der Waals surface area contributed by atoms with E-state index in [4.69, 9.17) is 0 Å². The van der Waals surface area contributed by atoms with Crippen molar-refractivity contribution in [3.05, 3.63) is 39.8 Å². The molecule has 5 heteroatoms. The first kappa shape index (κ1) is 14.1. The van der Waals surface area contributed by atoms with Crippen molar-refractivity contribution in [1.29, 1.82) is 0 Å². The Morgan fingerprint density at radius 3 is 2.52 bits per heavy atom. The van der Waals surface area contributed by atoms with Crippen molar-refractivity contribution in [2.24, 2.45) is 0 Å². The summed E-state index contributed by atoms with van der Waals surface area (Å²) >= 11 is 1.53. The lowest BCUT2D eigenvalue weighted by molar-refractivity contribution is 0.103. The Morgan fingerprint density at radius 1 is 1.29 bits per heavy atom. The van der Waals surface area contributed by atoms with Crippen molar-refractivity contribution in [3.63, 3.8) is 0 Å². The minimum Gasteiger partial charge on any atom is -0.378 e. The third kappa shape index (κ3) is 3.08. The van der Waals surface area contributed by atoms with Crippen LogP contribution < -0.4 is 10.2 Å². The quantitative estimate of drug-likeness (QED) is 0.937. The Balaban J connectivity index is 1.73. The minimum absolute atomic E-state index is 0.0606. The molecule has 0 saturated heterocycles. The van der Waals surface area contributed by atoms with Gasteiger partial charge in [0.1, 0.15) is 4.88 Å². The number of thiazole rings is 1. The maximum absolute atomic E-state index is 12.4. The predicted molar refractivity (Wildman–Crippen MR) is 87.5 cm³/mol. The van der Waals surface area contributed by atoms with Crippen LogP contribution in [0.1, 0.15) is 39.1 Å². The summed E-state index contributed by atoms with van der Waals surface area (Å²) in [5, 5.41) is 4.06. The van der Waals surface area contributed by atoms with Gasteiger partial charge >= 0.3 is 0 Å². The van der Waals surface area contributed by atoms with Gasteiger partial charge in [-0.15, -0.1) is 11.3 Å². The minimum atomic E-state index is -0.0606. The largest absolute Gasteiger partial charge is 0.378 e. The van der Waals surface area contributed by atoms with Gasteiger partial charge < -0.3 is 10.2 Å². The molecule has 0 aliphatic heterocycles. The molecule has 110 valence electrons. The second kappa shape index (κ2) is 5.48. The number of anilines is 2. The Bertz CT molecular complexity index is 657. The molecule has 1 aliphatic rings. The maximum atomic E-state index is 12.4. The van der Waals surface area contributed by atoms with Gasteiger partial charge in [-0.05, 0) is 44.0 Å². The number of benzene rings is 1. The zero-order valence-electron chi connectivity index (χ0n) is 12.5. The number of nitrogens with zero attached hydrogens (tertiary/aromatic N) is 2. The fourth-order valence-corrected chi connectivity index (χ4v) is 3.29. The molecule has 0 unspecified atom stereocenters. The SMILES string of the molecule is Cc1nc(C2CC2)sc1C(=O)Nc1ccc(N(C)C)cc1. The number of hydrogen-bond acceptors (Lipinski definition) is 4. The standard InChI is InChI=1S/C16H19N3OS/c1-10-14(21-16(17-10)11-4-5-11)15(20)18-12-6-8-13(9-7-12)19(2)3/h6-9,11H,4-5H2,1-3H3,(H,18,20). The summed E-state index contributed by atoms with van der Waals surface area (Å²) in [6, 6.07) is 7.83. The third-order valence-electron chi connectivity index (χ3n) is 3.59. The predicted octanol–water partition coefficient (Wildman–Crippen LogP) is 3.65. The smallest absolute Gasteiger partial charge is 0.267 e. The molecule has 1 aliphatic carbocycles.